The highest BCUT2D eigenvalue weighted by atomic mass is 35.5. The van der Waals surface area contributed by atoms with E-state index in [0.717, 1.165) is 12.3 Å². The van der Waals surface area contributed by atoms with Gasteiger partial charge in [-0.1, -0.05) is 11.6 Å². The first-order valence-corrected chi connectivity index (χ1v) is 2.98. The van der Waals surface area contributed by atoms with Crippen molar-refractivity contribution in [1.82, 2.24) is 0 Å². The molecule has 0 unspecified atom stereocenters. The Bertz CT molecular complexity index is 233. The van der Waals surface area contributed by atoms with E-state index in [2.05, 4.69) is 11.7 Å². The zero-order chi connectivity index (χ0) is 8.85. The van der Waals surface area contributed by atoms with Crippen molar-refractivity contribution in [3.63, 3.8) is 0 Å². The molecule has 0 aromatic carbocycles. The molecule has 0 bridgehead atoms. The average Bonchev–Trinajstić information content (AvgIpc) is 1.99. The summed E-state index contributed by atoms with van der Waals surface area (Å²) < 4.78 is 0. The first kappa shape index (κ1) is 9.71. The first-order valence-electron chi connectivity index (χ1n) is 2.61. The van der Waals surface area contributed by atoms with Crippen LogP contribution in [0.4, 0.5) is 0 Å². The van der Waals surface area contributed by atoms with Crippen LogP contribution >= 0.6 is 11.6 Å². The summed E-state index contributed by atoms with van der Waals surface area (Å²) in [5.74, 6) is -1.16. The third kappa shape index (κ3) is 3.42. The number of carboxylic acids is 1. The van der Waals surface area contributed by atoms with Crippen LogP contribution in [0.3, 0.4) is 0 Å². The average molecular weight is 175 g/mol. The van der Waals surface area contributed by atoms with Crippen LogP contribution in [0.15, 0.2) is 28.0 Å². The molecule has 0 aliphatic rings. The minimum Gasteiger partial charge on any atom is -0.478 e. The molecule has 0 saturated carbocycles. The number of hydrogen-bond acceptors (Lipinski definition) is 3. The van der Waals surface area contributed by atoms with E-state index in [4.69, 9.17) is 22.4 Å². The Hall–Kier alpha value is -1.29. The predicted octanol–water partition coefficient (Wildman–Crippen LogP) is 0.694. The second-order valence-corrected chi connectivity index (χ2v) is 1.94. The lowest BCUT2D eigenvalue weighted by Crippen LogP contribution is -2.00. The summed E-state index contributed by atoms with van der Waals surface area (Å²) in [4.78, 5) is 13.5. The quantitative estimate of drug-likeness (QED) is 0.286. The first-order chi connectivity index (χ1) is 5.11. The standard InChI is InChI=1S/C6H7ClN2O2/c1-9-5(7)2-4(3-8)6(10)11/h2-3H,1,8H2,(H,10,11)/b4-3+,5-2-. The number of aliphatic carboxylic acids is 1. The fourth-order valence-corrected chi connectivity index (χ4v) is 0.473. The number of hydrogen-bond donors (Lipinski definition) is 2. The highest BCUT2D eigenvalue weighted by Gasteiger charge is 2.02. The summed E-state index contributed by atoms with van der Waals surface area (Å²) in [6.45, 7) is 3.10. The van der Waals surface area contributed by atoms with Gasteiger partial charge in [0.25, 0.3) is 0 Å². The Morgan fingerprint density at radius 1 is 1.73 bits per heavy atom. The van der Waals surface area contributed by atoms with Crippen LogP contribution in [0.1, 0.15) is 0 Å². The number of nitrogens with zero attached hydrogens (tertiary/aromatic N) is 1. The third-order valence-corrected chi connectivity index (χ3v) is 1.08. The molecule has 0 radical (unpaired) electrons. The number of carboxylic acid groups (broad SMARTS) is 1. The Morgan fingerprint density at radius 3 is 2.55 bits per heavy atom. The summed E-state index contributed by atoms with van der Waals surface area (Å²) >= 11 is 5.36. The van der Waals surface area contributed by atoms with E-state index in [1.54, 1.807) is 0 Å². The summed E-state index contributed by atoms with van der Waals surface area (Å²) in [7, 11) is 0. The maximum Gasteiger partial charge on any atom is 0.337 e. The molecule has 0 atom stereocenters. The Kier molecular flexibility index (Phi) is 3.98. The Labute approximate surface area is 68.7 Å². The molecular weight excluding hydrogens is 168 g/mol. The zero-order valence-electron chi connectivity index (χ0n) is 5.62. The van der Waals surface area contributed by atoms with Gasteiger partial charge in [-0.25, -0.2) is 4.79 Å². The molecule has 0 aromatic rings. The topological polar surface area (TPSA) is 75.7 Å². The van der Waals surface area contributed by atoms with Gasteiger partial charge in [-0.3, -0.25) is 4.99 Å². The molecule has 0 aromatic heterocycles. The summed E-state index contributed by atoms with van der Waals surface area (Å²) in [6, 6.07) is 0. The maximum absolute atomic E-state index is 10.3. The van der Waals surface area contributed by atoms with E-state index in [1.165, 1.54) is 0 Å². The van der Waals surface area contributed by atoms with Gasteiger partial charge in [0.15, 0.2) is 0 Å². The van der Waals surface area contributed by atoms with Crippen molar-refractivity contribution in [1.29, 1.82) is 0 Å². The van der Waals surface area contributed by atoms with E-state index >= 15 is 0 Å². The molecule has 11 heavy (non-hydrogen) atoms. The largest absolute Gasteiger partial charge is 0.478 e. The number of nitrogens with two attached hydrogens (primary N) is 1. The van der Waals surface area contributed by atoms with Crippen LogP contribution in [0.5, 0.6) is 0 Å². The van der Waals surface area contributed by atoms with E-state index < -0.39 is 5.97 Å². The molecule has 3 N–H and O–H groups in total. The molecule has 0 saturated heterocycles. The minimum atomic E-state index is -1.16. The summed E-state index contributed by atoms with van der Waals surface area (Å²) in [5, 5.41) is 8.39. The number of halogens is 1. The Morgan fingerprint density at radius 2 is 2.27 bits per heavy atom. The van der Waals surface area contributed by atoms with Crippen LogP contribution in [0.2, 0.25) is 0 Å². The van der Waals surface area contributed by atoms with Crippen molar-refractivity contribution >= 4 is 24.3 Å². The molecule has 0 rings (SSSR count). The summed E-state index contributed by atoms with van der Waals surface area (Å²) in [5.41, 5.74) is 4.85. The van der Waals surface area contributed by atoms with Crippen LogP contribution in [-0.4, -0.2) is 17.8 Å². The number of aliphatic imine (C=N–C) groups is 1. The van der Waals surface area contributed by atoms with Gasteiger partial charge in [-0.05, 0) is 12.8 Å². The Balaban J connectivity index is 4.57. The lowest BCUT2D eigenvalue weighted by Gasteiger charge is -1.91. The molecule has 5 heteroatoms. The van der Waals surface area contributed by atoms with Crippen molar-refractivity contribution in [3.05, 3.63) is 23.0 Å². The van der Waals surface area contributed by atoms with Crippen molar-refractivity contribution in [2.75, 3.05) is 0 Å². The fourth-order valence-electron chi connectivity index (χ4n) is 0.355. The van der Waals surface area contributed by atoms with Gasteiger partial charge < -0.3 is 10.8 Å². The SMILES string of the molecule is C=N/C(Cl)=C\C(=C/N)C(=O)O. The van der Waals surface area contributed by atoms with Gasteiger partial charge in [0.05, 0.1) is 5.57 Å². The molecule has 0 spiro atoms. The second kappa shape index (κ2) is 4.51. The van der Waals surface area contributed by atoms with Gasteiger partial charge in [-0.15, -0.1) is 0 Å². The second-order valence-electron chi connectivity index (χ2n) is 1.55. The zero-order valence-corrected chi connectivity index (χ0v) is 6.38. The highest BCUT2D eigenvalue weighted by Crippen LogP contribution is 2.06. The van der Waals surface area contributed by atoms with Gasteiger partial charge in [0.2, 0.25) is 0 Å². The predicted molar refractivity (Wildman–Crippen MR) is 43.4 cm³/mol. The van der Waals surface area contributed by atoms with E-state index in [-0.39, 0.29) is 10.7 Å². The molecule has 4 nitrogen and oxygen atoms in total. The molecule has 0 aliphatic heterocycles. The lowest BCUT2D eigenvalue weighted by atomic mass is 10.3. The molecular formula is C6H7ClN2O2. The normalized spacial score (nSPS) is 12.8. The summed E-state index contributed by atoms with van der Waals surface area (Å²) in [6.07, 6.45) is 2.03. The smallest absolute Gasteiger partial charge is 0.337 e. The van der Waals surface area contributed by atoms with E-state index in [1.807, 2.05) is 0 Å². The van der Waals surface area contributed by atoms with Gasteiger partial charge in [0.1, 0.15) is 5.16 Å². The molecule has 60 valence electrons. The highest BCUT2D eigenvalue weighted by molar-refractivity contribution is 6.30. The monoisotopic (exact) mass is 174 g/mol. The van der Waals surface area contributed by atoms with Gasteiger partial charge in [-0.2, -0.15) is 0 Å². The van der Waals surface area contributed by atoms with E-state index in [9.17, 15) is 4.79 Å². The number of rotatable bonds is 3. The molecule has 0 fully saturated rings. The molecule has 0 amide bonds. The molecule has 0 heterocycles. The van der Waals surface area contributed by atoms with Gasteiger partial charge in [0, 0.05) is 6.20 Å². The maximum atomic E-state index is 10.3. The van der Waals surface area contributed by atoms with E-state index in [0.29, 0.717) is 0 Å². The lowest BCUT2D eigenvalue weighted by molar-refractivity contribution is -0.132. The van der Waals surface area contributed by atoms with Crippen molar-refractivity contribution in [2.24, 2.45) is 10.7 Å². The third-order valence-electron chi connectivity index (χ3n) is 0.852. The van der Waals surface area contributed by atoms with Crippen LogP contribution < -0.4 is 5.73 Å². The minimum absolute atomic E-state index is 0.0101. The van der Waals surface area contributed by atoms with Gasteiger partial charge >= 0.3 is 5.97 Å². The van der Waals surface area contributed by atoms with Crippen molar-refractivity contribution < 1.29 is 9.90 Å². The van der Waals surface area contributed by atoms with Crippen LogP contribution in [-0.2, 0) is 4.79 Å². The van der Waals surface area contributed by atoms with Crippen LogP contribution in [0.25, 0.3) is 0 Å². The van der Waals surface area contributed by atoms with Crippen molar-refractivity contribution in [2.45, 2.75) is 0 Å². The number of carbonyl (C=O) groups is 1. The van der Waals surface area contributed by atoms with Crippen molar-refractivity contribution in [3.8, 4) is 0 Å². The molecule has 0 aliphatic carbocycles. The van der Waals surface area contributed by atoms with Crippen LogP contribution in [0, 0.1) is 0 Å². The fraction of sp³-hybridized carbons (Fsp3) is 0.